The number of fused-ring (bicyclic) bond motifs is 3. The fourth-order valence-electron chi connectivity index (χ4n) is 2.73. The van der Waals surface area contributed by atoms with Gasteiger partial charge in [-0.1, -0.05) is 23.7 Å². The number of hydrogen-bond donors (Lipinski definition) is 1. The van der Waals surface area contributed by atoms with Gasteiger partial charge in [0.1, 0.15) is 12.3 Å². The normalized spacial score (nSPS) is 32.2. The molecule has 2 aliphatic heterocycles. The number of benzene rings is 1. The molecule has 0 radical (unpaired) electrons. The Morgan fingerprint density at radius 1 is 1.56 bits per heavy atom. The Balaban J connectivity index is 2.10. The van der Waals surface area contributed by atoms with Gasteiger partial charge in [-0.2, -0.15) is 0 Å². The van der Waals surface area contributed by atoms with Gasteiger partial charge in [-0.15, -0.1) is 0 Å². The van der Waals surface area contributed by atoms with Gasteiger partial charge < -0.3 is 10.1 Å². The van der Waals surface area contributed by atoms with Crippen molar-refractivity contribution in [2.24, 2.45) is 0 Å². The zero-order chi connectivity index (χ0) is 11.2. The van der Waals surface area contributed by atoms with E-state index in [0.717, 1.165) is 22.7 Å². The Morgan fingerprint density at radius 3 is 3.25 bits per heavy atom. The number of alkyl halides is 1. The minimum Gasteiger partial charge on any atom is -0.365 e. The van der Waals surface area contributed by atoms with Crippen LogP contribution in [0.25, 0.3) is 0 Å². The zero-order valence-electron chi connectivity index (χ0n) is 8.80. The molecule has 1 N–H and O–H groups in total. The Morgan fingerprint density at radius 2 is 2.44 bits per heavy atom. The van der Waals surface area contributed by atoms with Gasteiger partial charge in [0.15, 0.2) is 0 Å². The summed E-state index contributed by atoms with van der Waals surface area (Å²) in [6.07, 6.45) is 0. The fourth-order valence-corrected chi connectivity index (χ4v) is 2.97. The van der Waals surface area contributed by atoms with Crippen LogP contribution in [0.5, 0.6) is 0 Å². The summed E-state index contributed by atoms with van der Waals surface area (Å²) in [4.78, 5) is 0. The first-order valence-corrected chi connectivity index (χ1v) is 5.82. The van der Waals surface area contributed by atoms with Crippen molar-refractivity contribution in [1.29, 1.82) is 0 Å². The number of rotatable bonds is 1. The van der Waals surface area contributed by atoms with E-state index in [-0.39, 0.29) is 5.92 Å². The third-order valence-corrected chi connectivity index (χ3v) is 4.02. The topological polar surface area (TPSA) is 21.3 Å². The Kier molecular flexibility index (Phi) is 2.42. The second-order valence-electron chi connectivity index (χ2n) is 4.48. The van der Waals surface area contributed by atoms with E-state index in [1.54, 1.807) is 0 Å². The molecule has 2 nitrogen and oxygen atoms in total. The zero-order valence-corrected chi connectivity index (χ0v) is 9.56. The maximum Gasteiger partial charge on any atom is 0.120 e. The molecule has 86 valence electrons. The highest BCUT2D eigenvalue weighted by atomic mass is 35.5. The molecule has 0 amide bonds. The summed E-state index contributed by atoms with van der Waals surface area (Å²) in [6.45, 7) is 1.31. The van der Waals surface area contributed by atoms with Crippen LogP contribution >= 0.6 is 11.6 Å². The van der Waals surface area contributed by atoms with Gasteiger partial charge in [0, 0.05) is 24.0 Å². The van der Waals surface area contributed by atoms with Crippen molar-refractivity contribution in [3.8, 4) is 0 Å². The van der Waals surface area contributed by atoms with Crippen molar-refractivity contribution >= 4 is 11.6 Å². The number of halogens is 2. The Bertz CT molecular complexity index is 425. The summed E-state index contributed by atoms with van der Waals surface area (Å²) in [5.41, 5.74) is 1.49. The molecule has 1 fully saturated rings. The van der Waals surface area contributed by atoms with Crippen LogP contribution in [0.4, 0.5) is 4.39 Å². The minimum absolute atomic E-state index is 0.0833. The van der Waals surface area contributed by atoms with Crippen LogP contribution < -0.4 is 5.32 Å². The third-order valence-electron chi connectivity index (χ3n) is 3.67. The summed E-state index contributed by atoms with van der Waals surface area (Å²) < 4.78 is 18.9. The van der Waals surface area contributed by atoms with Crippen LogP contribution in [0.1, 0.15) is 17.0 Å². The molecule has 0 spiro atoms. The van der Waals surface area contributed by atoms with E-state index in [9.17, 15) is 4.39 Å². The Labute approximate surface area is 98.7 Å². The van der Waals surface area contributed by atoms with Gasteiger partial charge in [0.25, 0.3) is 0 Å². The van der Waals surface area contributed by atoms with E-state index in [4.69, 9.17) is 16.3 Å². The van der Waals surface area contributed by atoms with Gasteiger partial charge in [-0.25, -0.2) is 4.39 Å². The van der Waals surface area contributed by atoms with E-state index >= 15 is 0 Å². The quantitative estimate of drug-likeness (QED) is 0.815. The second kappa shape index (κ2) is 3.69. The van der Waals surface area contributed by atoms with Crippen LogP contribution in [0.15, 0.2) is 18.2 Å². The van der Waals surface area contributed by atoms with Crippen molar-refractivity contribution in [3.63, 3.8) is 0 Å². The number of hydrogen-bond acceptors (Lipinski definition) is 2. The molecular formula is C12H13ClFNO. The molecule has 0 aliphatic carbocycles. The predicted octanol–water partition coefficient (Wildman–Crippen LogP) is 2.27. The molecule has 2 atom stereocenters. The number of ether oxygens (including phenoxy) is 1. The second-order valence-corrected chi connectivity index (χ2v) is 4.89. The lowest BCUT2D eigenvalue weighted by atomic mass is 9.81. The molecule has 1 aromatic carbocycles. The molecule has 4 heteroatoms. The van der Waals surface area contributed by atoms with Gasteiger partial charge in [0.05, 0.1) is 6.61 Å². The van der Waals surface area contributed by atoms with E-state index in [1.165, 1.54) is 0 Å². The average Bonchev–Trinajstić information content (AvgIpc) is 2.74. The molecule has 2 heterocycles. The highest BCUT2D eigenvalue weighted by Gasteiger charge is 2.48. The minimum atomic E-state index is -0.669. The molecule has 3 rings (SSSR count). The molecule has 1 aromatic rings. The van der Waals surface area contributed by atoms with E-state index in [1.807, 2.05) is 18.2 Å². The molecule has 0 unspecified atom stereocenters. The molecule has 1 saturated heterocycles. The van der Waals surface area contributed by atoms with Crippen molar-refractivity contribution in [1.82, 2.24) is 5.32 Å². The first kappa shape index (κ1) is 10.5. The van der Waals surface area contributed by atoms with E-state index in [2.05, 4.69) is 5.32 Å². The molecule has 0 aromatic heterocycles. The molecular weight excluding hydrogens is 229 g/mol. The van der Waals surface area contributed by atoms with Gasteiger partial charge in [0.2, 0.25) is 0 Å². The van der Waals surface area contributed by atoms with Crippen molar-refractivity contribution in [2.75, 3.05) is 19.8 Å². The van der Waals surface area contributed by atoms with E-state index in [0.29, 0.717) is 13.2 Å². The van der Waals surface area contributed by atoms with Crippen molar-refractivity contribution in [2.45, 2.75) is 18.1 Å². The third kappa shape index (κ3) is 1.32. The summed E-state index contributed by atoms with van der Waals surface area (Å²) in [5, 5.41) is 3.93. The summed E-state index contributed by atoms with van der Waals surface area (Å²) in [7, 11) is 0. The maximum absolute atomic E-state index is 13.2. The highest BCUT2D eigenvalue weighted by Crippen LogP contribution is 2.43. The smallest absolute Gasteiger partial charge is 0.120 e. The van der Waals surface area contributed by atoms with Crippen molar-refractivity contribution in [3.05, 3.63) is 34.3 Å². The largest absolute Gasteiger partial charge is 0.365 e. The van der Waals surface area contributed by atoms with Crippen LogP contribution in [0, 0.1) is 0 Å². The van der Waals surface area contributed by atoms with Crippen LogP contribution in [0.2, 0.25) is 5.02 Å². The lowest BCUT2D eigenvalue weighted by Gasteiger charge is -2.38. The van der Waals surface area contributed by atoms with Gasteiger partial charge in [-0.3, -0.25) is 0 Å². The summed E-state index contributed by atoms with van der Waals surface area (Å²) in [5.74, 6) is 0.0833. The first-order chi connectivity index (χ1) is 7.77. The lowest BCUT2D eigenvalue weighted by Crippen LogP contribution is -2.45. The number of nitrogens with one attached hydrogen (secondary N) is 1. The standard InChI is InChI=1S/C12H13ClFNO/c13-11-3-1-2-8-9(11)5-16-12(6-14)7-15-4-10(8)12/h1-3,10,15H,4-7H2/t10-,12-/m1/s1. The lowest BCUT2D eigenvalue weighted by molar-refractivity contribution is -0.0789. The molecule has 0 saturated carbocycles. The van der Waals surface area contributed by atoms with Crippen LogP contribution in [0.3, 0.4) is 0 Å². The maximum atomic E-state index is 13.2. The first-order valence-electron chi connectivity index (χ1n) is 5.45. The average molecular weight is 242 g/mol. The SMILES string of the molecule is FC[C@@]12CNC[C@@H]1c1cccc(Cl)c1CO2. The Hall–Kier alpha value is -0.640. The van der Waals surface area contributed by atoms with Gasteiger partial charge >= 0.3 is 0 Å². The van der Waals surface area contributed by atoms with Crippen molar-refractivity contribution < 1.29 is 9.13 Å². The highest BCUT2D eigenvalue weighted by molar-refractivity contribution is 6.31. The summed E-state index contributed by atoms with van der Waals surface area (Å²) in [6, 6.07) is 5.81. The van der Waals surface area contributed by atoms with E-state index < -0.39 is 12.3 Å². The monoisotopic (exact) mass is 241 g/mol. The molecule has 0 bridgehead atoms. The summed E-state index contributed by atoms with van der Waals surface area (Å²) >= 11 is 6.13. The molecule has 2 aliphatic rings. The fraction of sp³-hybridized carbons (Fsp3) is 0.500. The molecule has 16 heavy (non-hydrogen) atoms. The van der Waals surface area contributed by atoms with Gasteiger partial charge in [-0.05, 0) is 17.2 Å². The predicted molar refractivity (Wildman–Crippen MR) is 60.6 cm³/mol. The van der Waals surface area contributed by atoms with Crippen LogP contribution in [-0.4, -0.2) is 25.4 Å². The van der Waals surface area contributed by atoms with Crippen LogP contribution in [-0.2, 0) is 11.3 Å².